The van der Waals surface area contributed by atoms with Gasteiger partial charge in [-0.1, -0.05) is 12.1 Å². The fraction of sp³-hybridized carbons (Fsp3) is 0.143. The lowest BCUT2D eigenvalue weighted by atomic mass is 10.3. The molecule has 0 heterocycles. The first-order chi connectivity index (χ1) is 6.03. The summed E-state index contributed by atoms with van der Waals surface area (Å²) in [7, 11) is 1.43. The maximum absolute atomic E-state index is 10.7. The van der Waals surface area contributed by atoms with Crippen LogP contribution in [0.4, 0.5) is 0 Å². The summed E-state index contributed by atoms with van der Waals surface area (Å²) < 4.78 is 20.1. The van der Waals surface area contributed by atoms with Gasteiger partial charge >= 0.3 is 6.95 Å². The maximum Gasteiger partial charge on any atom is 0.474 e. The number of halogens is 1. The lowest BCUT2D eigenvalue weighted by Crippen LogP contribution is -1.90. The first-order valence-electron chi connectivity index (χ1n) is 3.38. The van der Waals surface area contributed by atoms with E-state index in [-0.39, 0.29) is 5.75 Å². The number of benzene rings is 1. The molecule has 0 radical (unpaired) electrons. The van der Waals surface area contributed by atoms with E-state index in [4.69, 9.17) is 20.9 Å². The van der Waals surface area contributed by atoms with Gasteiger partial charge in [-0.05, 0) is 12.1 Å². The van der Waals surface area contributed by atoms with Crippen LogP contribution < -0.4 is 9.26 Å². The molecule has 4 nitrogen and oxygen atoms in total. The summed E-state index contributed by atoms with van der Waals surface area (Å²) in [5.41, 5.74) is 0. The molecule has 0 bridgehead atoms. The minimum atomic E-state index is -4.04. The number of hydrogen-bond donors (Lipinski definition) is 1. The van der Waals surface area contributed by atoms with Gasteiger partial charge in [0.25, 0.3) is 0 Å². The van der Waals surface area contributed by atoms with Crippen LogP contribution >= 0.6 is 18.2 Å². The summed E-state index contributed by atoms with van der Waals surface area (Å²) in [5, 5.41) is 0. The molecule has 0 amide bonds. The Balaban J connectivity index is 2.94. The summed E-state index contributed by atoms with van der Waals surface area (Å²) in [6.45, 7) is -4.04. The number of ether oxygens (including phenoxy) is 1. The van der Waals surface area contributed by atoms with Crippen molar-refractivity contribution in [1.82, 2.24) is 0 Å². The van der Waals surface area contributed by atoms with Crippen LogP contribution in [0.5, 0.6) is 11.5 Å². The van der Waals surface area contributed by atoms with Gasteiger partial charge in [0.1, 0.15) is 0 Å². The molecule has 13 heavy (non-hydrogen) atoms. The maximum atomic E-state index is 10.7. The van der Waals surface area contributed by atoms with E-state index in [9.17, 15) is 4.57 Å². The molecule has 1 aromatic carbocycles. The lowest BCUT2D eigenvalue weighted by molar-refractivity contribution is 0.367. The van der Waals surface area contributed by atoms with E-state index < -0.39 is 6.95 Å². The lowest BCUT2D eigenvalue weighted by Gasteiger charge is -2.09. The molecule has 0 saturated heterocycles. The molecule has 1 rings (SSSR count). The van der Waals surface area contributed by atoms with Crippen molar-refractivity contribution in [1.29, 1.82) is 0 Å². The summed E-state index contributed by atoms with van der Waals surface area (Å²) in [5.74, 6) is 0.503. The van der Waals surface area contributed by atoms with Gasteiger partial charge in [-0.3, -0.25) is 0 Å². The topological polar surface area (TPSA) is 55.8 Å². The number of para-hydroxylation sites is 2. The molecule has 72 valence electrons. The van der Waals surface area contributed by atoms with Crippen molar-refractivity contribution in [2.45, 2.75) is 0 Å². The minimum Gasteiger partial charge on any atom is -0.493 e. The second kappa shape index (κ2) is 4.01. The van der Waals surface area contributed by atoms with E-state index in [2.05, 4.69) is 4.52 Å². The fourth-order valence-electron chi connectivity index (χ4n) is 0.816. The number of methoxy groups -OCH3 is 1. The Kier molecular flexibility index (Phi) is 3.20. The molecule has 1 atom stereocenters. The summed E-state index contributed by atoms with van der Waals surface area (Å²) in [6, 6.07) is 6.44. The molecular weight excluding hydrogens is 214 g/mol. The van der Waals surface area contributed by atoms with Crippen molar-refractivity contribution in [2.75, 3.05) is 7.11 Å². The molecule has 0 aliphatic rings. The molecule has 0 fully saturated rings. The molecule has 0 saturated carbocycles. The van der Waals surface area contributed by atoms with E-state index in [1.807, 2.05) is 0 Å². The Bertz CT molecular complexity index is 335. The van der Waals surface area contributed by atoms with Gasteiger partial charge in [0, 0.05) is 11.2 Å². The van der Waals surface area contributed by atoms with Crippen LogP contribution in [0.1, 0.15) is 0 Å². The van der Waals surface area contributed by atoms with Gasteiger partial charge in [0.15, 0.2) is 11.5 Å². The van der Waals surface area contributed by atoms with E-state index in [0.717, 1.165) is 0 Å². The normalized spacial score (nSPS) is 14.7. The highest BCUT2D eigenvalue weighted by atomic mass is 35.7. The third-order valence-corrected chi connectivity index (χ3v) is 1.91. The Morgan fingerprint density at radius 1 is 1.38 bits per heavy atom. The highest BCUT2D eigenvalue weighted by Crippen LogP contribution is 2.49. The summed E-state index contributed by atoms with van der Waals surface area (Å²) in [4.78, 5) is 8.73. The van der Waals surface area contributed by atoms with Crippen molar-refractivity contribution in [3.8, 4) is 11.5 Å². The van der Waals surface area contributed by atoms with Crippen molar-refractivity contribution >= 4 is 18.2 Å². The van der Waals surface area contributed by atoms with Crippen molar-refractivity contribution in [3.05, 3.63) is 24.3 Å². The van der Waals surface area contributed by atoms with Crippen LogP contribution in [-0.2, 0) is 4.57 Å². The Morgan fingerprint density at radius 2 is 1.92 bits per heavy atom. The number of rotatable bonds is 3. The molecule has 0 aliphatic carbocycles. The zero-order valence-corrected chi connectivity index (χ0v) is 8.46. The highest BCUT2D eigenvalue weighted by Gasteiger charge is 2.18. The molecule has 1 unspecified atom stereocenters. The largest absolute Gasteiger partial charge is 0.493 e. The predicted octanol–water partition coefficient (Wildman–Crippen LogP) is 2.41. The van der Waals surface area contributed by atoms with Gasteiger partial charge in [-0.15, -0.1) is 0 Å². The quantitative estimate of drug-likeness (QED) is 0.798. The Hall–Kier alpha value is -0.700. The molecule has 0 aliphatic heterocycles. The van der Waals surface area contributed by atoms with Crippen molar-refractivity contribution in [3.63, 3.8) is 0 Å². The summed E-state index contributed by atoms with van der Waals surface area (Å²) in [6.07, 6.45) is 0. The van der Waals surface area contributed by atoms with E-state index >= 15 is 0 Å². The van der Waals surface area contributed by atoms with E-state index in [1.54, 1.807) is 18.2 Å². The molecular formula is C7H8ClO4P. The van der Waals surface area contributed by atoms with Gasteiger partial charge in [0.2, 0.25) is 0 Å². The number of hydrogen-bond acceptors (Lipinski definition) is 3. The van der Waals surface area contributed by atoms with E-state index in [1.165, 1.54) is 13.2 Å². The van der Waals surface area contributed by atoms with E-state index in [0.29, 0.717) is 5.75 Å². The first kappa shape index (κ1) is 10.4. The third kappa shape index (κ3) is 3.27. The van der Waals surface area contributed by atoms with Crippen LogP contribution in [0.3, 0.4) is 0 Å². The van der Waals surface area contributed by atoms with Gasteiger partial charge in [-0.25, -0.2) is 4.57 Å². The highest BCUT2D eigenvalue weighted by molar-refractivity contribution is 7.80. The average Bonchev–Trinajstić information content (AvgIpc) is 2.02. The fourth-order valence-corrected chi connectivity index (χ4v) is 1.43. The van der Waals surface area contributed by atoms with Crippen LogP contribution in [0.25, 0.3) is 0 Å². The molecule has 0 aromatic heterocycles. The summed E-state index contributed by atoms with van der Waals surface area (Å²) >= 11 is 5.03. The zero-order valence-electron chi connectivity index (χ0n) is 6.81. The molecule has 1 aromatic rings. The predicted molar refractivity (Wildman–Crippen MR) is 49.3 cm³/mol. The second-order valence-electron chi connectivity index (χ2n) is 2.19. The molecule has 0 spiro atoms. The Morgan fingerprint density at radius 3 is 2.38 bits per heavy atom. The van der Waals surface area contributed by atoms with Crippen LogP contribution in [0.2, 0.25) is 0 Å². The van der Waals surface area contributed by atoms with Crippen molar-refractivity contribution < 1.29 is 18.7 Å². The van der Waals surface area contributed by atoms with Crippen LogP contribution in [0.15, 0.2) is 24.3 Å². The Labute approximate surface area is 80.4 Å². The molecule has 6 heteroatoms. The van der Waals surface area contributed by atoms with Crippen LogP contribution in [-0.4, -0.2) is 12.0 Å². The zero-order chi connectivity index (χ0) is 9.90. The third-order valence-electron chi connectivity index (χ3n) is 1.28. The monoisotopic (exact) mass is 222 g/mol. The van der Waals surface area contributed by atoms with Gasteiger partial charge < -0.3 is 14.2 Å². The smallest absolute Gasteiger partial charge is 0.474 e. The SMILES string of the molecule is COc1ccccc1OP(=O)(O)Cl. The second-order valence-corrected chi connectivity index (χ2v) is 4.56. The van der Waals surface area contributed by atoms with Crippen molar-refractivity contribution in [2.24, 2.45) is 0 Å². The van der Waals surface area contributed by atoms with Gasteiger partial charge in [-0.2, -0.15) is 0 Å². The minimum absolute atomic E-state index is 0.144. The van der Waals surface area contributed by atoms with Crippen LogP contribution in [0, 0.1) is 0 Å². The first-order valence-corrected chi connectivity index (χ1v) is 5.86. The standard InChI is InChI=1S/C7H8ClO4P/c1-11-6-4-2-3-5-7(6)12-13(8,9)10/h2-5H,1H3,(H,9,10). The molecule has 1 N–H and O–H groups in total. The average molecular weight is 223 g/mol. The van der Waals surface area contributed by atoms with Gasteiger partial charge in [0.05, 0.1) is 7.11 Å².